The molecule has 0 saturated heterocycles. The van der Waals surface area contributed by atoms with E-state index in [1.54, 1.807) is 29.6 Å². The van der Waals surface area contributed by atoms with Gasteiger partial charge in [0.25, 0.3) is 0 Å². The van der Waals surface area contributed by atoms with Crippen molar-refractivity contribution in [3.05, 3.63) is 63.5 Å². The summed E-state index contributed by atoms with van der Waals surface area (Å²) in [4.78, 5) is 4.36. The first-order valence-corrected chi connectivity index (χ1v) is 8.32. The Morgan fingerprint density at radius 1 is 1.04 bits per heavy atom. The average molecular weight is 389 g/mol. The van der Waals surface area contributed by atoms with E-state index in [9.17, 15) is 13.2 Å². The number of aromatic nitrogens is 1. The first-order valence-electron chi connectivity index (χ1n) is 6.68. The van der Waals surface area contributed by atoms with E-state index >= 15 is 0 Å². The van der Waals surface area contributed by atoms with Gasteiger partial charge in [-0.3, -0.25) is 0 Å². The Hall–Kier alpha value is -1.76. The molecule has 0 bridgehead atoms. The van der Waals surface area contributed by atoms with Crippen LogP contribution in [0.25, 0.3) is 11.3 Å². The molecular weight excluding hydrogens is 380 g/mol. The molecule has 0 fully saturated rings. The van der Waals surface area contributed by atoms with Crippen molar-refractivity contribution in [2.45, 2.75) is 6.18 Å². The van der Waals surface area contributed by atoms with Gasteiger partial charge in [0, 0.05) is 21.7 Å². The van der Waals surface area contributed by atoms with Crippen LogP contribution in [0.2, 0.25) is 10.0 Å². The highest BCUT2D eigenvalue weighted by molar-refractivity contribution is 7.14. The highest BCUT2D eigenvalue weighted by atomic mass is 35.5. The average Bonchev–Trinajstić information content (AvgIpc) is 2.95. The second kappa shape index (κ2) is 6.63. The number of nitrogens with one attached hydrogen (secondary N) is 1. The van der Waals surface area contributed by atoms with Crippen molar-refractivity contribution >= 4 is 45.4 Å². The standard InChI is InChI=1S/C16H9Cl2F3N2S/c17-10-4-5-12(13(18)7-10)14-8-24-15(23-14)22-11-3-1-2-9(6-11)16(19,20)21/h1-8H,(H,22,23). The van der Waals surface area contributed by atoms with Crippen LogP contribution in [0.5, 0.6) is 0 Å². The third-order valence-electron chi connectivity index (χ3n) is 3.15. The molecule has 0 unspecified atom stereocenters. The third kappa shape index (κ3) is 3.83. The minimum Gasteiger partial charge on any atom is -0.332 e. The number of halogens is 5. The van der Waals surface area contributed by atoms with Gasteiger partial charge in [-0.15, -0.1) is 11.3 Å². The van der Waals surface area contributed by atoms with Crippen molar-refractivity contribution in [1.82, 2.24) is 4.98 Å². The van der Waals surface area contributed by atoms with E-state index in [0.29, 0.717) is 32.1 Å². The molecule has 3 aromatic rings. The van der Waals surface area contributed by atoms with E-state index in [-0.39, 0.29) is 0 Å². The Morgan fingerprint density at radius 3 is 2.54 bits per heavy atom. The van der Waals surface area contributed by atoms with Crippen molar-refractivity contribution in [3.63, 3.8) is 0 Å². The summed E-state index contributed by atoms with van der Waals surface area (Å²) >= 11 is 13.3. The number of anilines is 2. The van der Waals surface area contributed by atoms with Crippen LogP contribution in [-0.2, 0) is 6.18 Å². The zero-order valence-corrected chi connectivity index (χ0v) is 14.2. The molecule has 1 aromatic heterocycles. The van der Waals surface area contributed by atoms with E-state index in [2.05, 4.69) is 10.3 Å². The highest BCUT2D eigenvalue weighted by Crippen LogP contribution is 2.34. The molecule has 1 heterocycles. The summed E-state index contributed by atoms with van der Waals surface area (Å²) in [5.74, 6) is 0. The summed E-state index contributed by atoms with van der Waals surface area (Å²) < 4.78 is 38.2. The number of rotatable bonds is 3. The molecule has 0 aliphatic rings. The Kier molecular flexibility index (Phi) is 4.71. The molecule has 1 N–H and O–H groups in total. The molecule has 2 aromatic carbocycles. The SMILES string of the molecule is FC(F)(F)c1cccc(Nc2nc(-c3ccc(Cl)cc3Cl)cs2)c1. The molecule has 0 aliphatic carbocycles. The second-order valence-electron chi connectivity index (χ2n) is 4.87. The van der Waals surface area contributed by atoms with E-state index in [4.69, 9.17) is 23.2 Å². The minimum atomic E-state index is -4.39. The van der Waals surface area contributed by atoms with E-state index in [1.165, 1.54) is 17.4 Å². The van der Waals surface area contributed by atoms with E-state index < -0.39 is 11.7 Å². The van der Waals surface area contributed by atoms with Gasteiger partial charge in [-0.1, -0.05) is 29.3 Å². The maximum atomic E-state index is 12.7. The van der Waals surface area contributed by atoms with Gasteiger partial charge in [-0.05, 0) is 36.4 Å². The normalized spacial score (nSPS) is 11.5. The summed E-state index contributed by atoms with van der Waals surface area (Å²) in [6, 6.07) is 10.00. The van der Waals surface area contributed by atoms with E-state index in [0.717, 1.165) is 12.1 Å². The lowest BCUT2D eigenvalue weighted by Gasteiger charge is -2.09. The summed E-state index contributed by atoms with van der Waals surface area (Å²) in [6.45, 7) is 0. The Bertz CT molecular complexity index is 878. The van der Waals surface area contributed by atoms with Gasteiger partial charge >= 0.3 is 6.18 Å². The van der Waals surface area contributed by atoms with E-state index in [1.807, 2.05) is 0 Å². The summed E-state index contributed by atoms with van der Waals surface area (Å²) in [5.41, 5.74) is 0.920. The molecule has 0 spiro atoms. The maximum Gasteiger partial charge on any atom is 0.416 e. The van der Waals surface area contributed by atoms with Crippen LogP contribution in [0.15, 0.2) is 47.8 Å². The highest BCUT2D eigenvalue weighted by Gasteiger charge is 2.30. The van der Waals surface area contributed by atoms with Gasteiger partial charge in [0.05, 0.1) is 16.3 Å². The summed E-state index contributed by atoms with van der Waals surface area (Å²) in [5, 5.41) is 6.08. The van der Waals surface area contributed by atoms with Gasteiger partial charge < -0.3 is 5.32 Å². The predicted octanol–water partition coefficient (Wildman–Crippen LogP) is 6.88. The fourth-order valence-corrected chi connectivity index (χ4v) is 3.28. The lowest BCUT2D eigenvalue weighted by molar-refractivity contribution is -0.137. The number of alkyl halides is 3. The molecule has 2 nitrogen and oxygen atoms in total. The Balaban J connectivity index is 1.84. The number of hydrogen-bond acceptors (Lipinski definition) is 3. The van der Waals surface area contributed by atoms with Crippen molar-refractivity contribution in [2.75, 3.05) is 5.32 Å². The minimum absolute atomic E-state index is 0.313. The Morgan fingerprint density at radius 2 is 1.83 bits per heavy atom. The van der Waals surface area contributed by atoms with Gasteiger partial charge in [0.1, 0.15) is 0 Å². The molecule has 124 valence electrons. The monoisotopic (exact) mass is 388 g/mol. The topological polar surface area (TPSA) is 24.9 Å². The summed E-state index contributed by atoms with van der Waals surface area (Å²) in [6.07, 6.45) is -4.39. The van der Waals surface area contributed by atoms with Crippen molar-refractivity contribution in [2.24, 2.45) is 0 Å². The lowest BCUT2D eigenvalue weighted by atomic mass is 10.2. The molecule has 8 heteroatoms. The fraction of sp³-hybridized carbons (Fsp3) is 0.0625. The van der Waals surface area contributed by atoms with Crippen LogP contribution in [0.3, 0.4) is 0 Å². The van der Waals surface area contributed by atoms with Crippen molar-refractivity contribution in [3.8, 4) is 11.3 Å². The molecule has 0 aliphatic heterocycles. The first kappa shape index (κ1) is 17.1. The third-order valence-corrected chi connectivity index (χ3v) is 4.46. The Labute approximate surface area is 149 Å². The fourth-order valence-electron chi connectivity index (χ4n) is 2.05. The van der Waals surface area contributed by atoms with Crippen LogP contribution in [0, 0.1) is 0 Å². The van der Waals surface area contributed by atoms with Crippen LogP contribution < -0.4 is 5.32 Å². The van der Waals surface area contributed by atoms with Crippen molar-refractivity contribution in [1.29, 1.82) is 0 Å². The largest absolute Gasteiger partial charge is 0.416 e. The van der Waals surface area contributed by atoms with Gasteiger partial charge in [0.15, 0.2) is 5.13 Å². The van der Waals surface area contributed by atoms with Crippen LogP contribution >= 0.6 is 34.5 Å². The number of thiazole rings is 1. The van der Waals surface area contributed by atoms with Crippen molar-refractivity contribution < 1.29 is 13.2 Å². The molecule has 3 rings (SSSR count). The number of hydrogen-bond donors (Lipinski definition) is 1. The molecular formula is C16H9Cl2F3N2S. The van der Waals surface area contributed by atoms with Crippen LogP contribution in [-0.4, -0.2) is 4.98 Å². The van der Waals surface area contributed by atoms with Gasteiger partial charge in [-0.2, -0.15) is 13.2 Å². The molecule has 24 heavy (non-hydrogen) atoms. The maximum absolute atomic E-state index is 12.7. The lowest BCUT2D eigenvalue weighted by Crippen LogP contribution is -2.05. The van der Waals surface area contributed by atoms with Crippen LogP contribution in [0.1, 0.15) is 5.56 Å². The van der Waals surface area contributed by atoms with Crippen LogP contribution in [0.4, 0.5) is 24.0 Å². The quantitative estimate of drug-likeness (QED) is 0.528. The summed E-state index contributed by atoms with van der Waals surface area (Å²) in [7, 11) is 0. The number of nitrogens with zero attached hydrogens (tertiary/aromatic N) is 1. The molecule has 0 saturated carbocycles. The zero-order chi connectivity index (χ0) is 17.3. The zero-order valence-electron chi connectivity index (χ0n) is 11.9. The van der Waals surface area contributed by atoms with Gasteiger partial charge in [0.2, 0.25) is 0 Å². The molecule has 0 atom stereocenters. The van der Waals surface area contributed by atoms with Gasteiger partial charge in [-0.25, -0.2) is 4.98 Å². The second-order valence-corrected chi connectivity index (χ2v) is 6.57. The number of benzene rings is 2. The smallest absolute Gasteiger partial charge is 0.332 e. The predicted molar refractivity (Wildman–Crippen MR) is 92.3 cm³/mol. The molecule has 0 amide bonds. The first-order chi connectivity index (χ1) is 11.3. The molecule has 0 radical (unpaired) electrons.